The summed E-state index contributed by atoms with van der Waals surface area (Å²) in [5, 5.41) is 9.18. The van der Waals surface area contributed by atoms with Crippen LogP contribution >= 0.6 is 11.3 Å². The lowest BCUT2D eigenvalue weighted by Crippen LogP contribution is -2.26. The minimum absolute atomic E-state index is 0.0731. The number of nitrogens with zero attached hydrogens (tertiary/aromatic N) is 1. The second-order valence-electron chi connectivity index (χ2n) is 7.21. The molecule has 4 nitrogen and oxygen atoms in total. The third-order valence-corrected chi connectivity index (χ3v) is 6.34. The molecule has 0 radical (unpaired) electrons. The van der Waals surface area contributed by atoms with Crippen molar-refractivity contribution in [1.29, 1.82) is 0 Å². The van der Waals surface area contributed by atoms with Gasteiger partial charge in [-0.2, -0.15) is 0 Å². The van der Waals surface area contributed by atoms with Gasteiger partial charge in [0.05, 0.1) is 6.42 Å². The van der Waals surface area contributed by atoms with Gasteiger partial charge in [0, 0.05) is 39.5 Å². The number of hydrogen-bond acceptors (Lipinski definition) is 4. The maximum absolute atomic E-state index is 11.2. The molecule has 0 unspecified atom stereocenters. The molecule has 1 fully saturated rings. The van der Waals surface area contributed by atoms with E-state index in [4.69, 9.17) is 4.74 Å². The Kier molecular flexibility index (Phi) is 4.59. The van der Waals surface area contributed by atoms with Gasteiger partial charge in [0.1, 0.15) is 12.4 Å². The van der Waals surface area contributed by atoms with Crippen LogP contribution in [0.1, 0.15) is 39.3 Å². The number of hydrogen-bond donors (Lipinski definition) is 1. The van der Waals surface area contributed by atoms with Crippen LogP contribution in [0.5, 0.6) is 5.75 Å². The maximum Gasteiger partial charge on any atom is 0.308 e. The number of likely N-dealkylation sites (tertiary alicyclic amines) is 1. The molecule has 0 saturated carbocycles. The van der Waals surface area contributed by atoms with Crippen molar-refractivity contribution in [3.05, 3.63) is 56.3 Å². The smallest absolute Gasteiger partial charge is 0.308 e. The number of rotatable bonds is 2. The van der Waals surface area contributed by atoms with E-state index in [-0.39, 0.29) is 6.42 Å². The molecule has 1 aromatic carbocycles. The van der Waals surface area contributed by atoms with Gasteiger partial charge >= 0.3 is 5.97 Å². The Morgan fingerprint density at radius 2 is 2.04 bits per heavy atom. The molecule has 0 aliphatic carbocycles. The highest BCUT2D eigenvalue weighted by atomic mass is 32.1. The maximum atomic E-state index is 11.2. The topological polar surface area (TPSA) is 49.8 Å². The molecule has 1 N–H and O–H groups in total. The van der Waals surface area contributed by atoms with E-state index in [9.17, 15) is 9.90 Å². The minimum atomic E-state index is -0.785. The van der Waals surface area contributed by atoms with Gasteiger partial charge in [-0.05, 0) is 45.0 Å². The van der Waals surface area contributed by atoms with Gasteiger partial charge in [0.15, 0.2) is 0 Å². The van der Waals surface area contributed by atoms with Gasteiger partial charge in [-0.3, -0.25) is 4.79 Å². The molecular weight excluding hydrogens is 346 g/mol. The van der Waals surface area contributed by atoms with Gasteiger partial charge < -0.3 is 14.7 Å². The number of aliphatic carboxylic acids is 1. The first kappa shape index (κ1) is 17.3. The average molecular weight is 369 g/mol. The van der Waals surface area contributed by atoms with Crippen LogP contribution in [0.2, 0.25) is 0 Å². The molecule has 1 saturated heterocycles. The van der Waals surface area contributed by atoms with Gasteiger partial charge in [0.25, 0.3) is 0 Å². The standard InChI is InChI=1S/C21H23NO3S/c1-13-3-4-18-17(9-13)20(14-5-7-22(2)8-6-14)21-15(12-25-18)10-16(26-21)11-19(23)24/h3-4,9-10H,5-8,11-12H2,1-2H3,(H,23,24). The zero-order valence-corrected chi connectivity index (χ0v) is 16.0. The third kappa shape index (κ3) is 3.29. The van der Waals surface area contributed by atoms with Crippen LogP contribution in [0.3, 0.4) is 0 Å². The molecule has 0 atom stereocenters. The number of ether oxygens (including phenoxy) is 1. The lowest BCUT2D eigenvalue weighted by atomic mass is 9.90. The molecule has 2 aromatic rings. The summed E-state index contributed by atoms with van der Waals surface area (Å²) in [6.45, 7) is 4.72. The Labute approximate surface area is 157 Å². The zero-order valence-electron chi connectivity index (χ0n) is 15.2. The molecule has 4 rings (SSSR count). The van der Waals surface area contributed by atoms with Gasteiger partial charge in [-0.15, -0.1) is 11.3 Å². The number of benzene rings is 1. The summed E-state index contributed by atoms with van der Waals surface area (Å²) >= 11 is 1.62. The van der Waals surface area contributed by atoms with Crippen LogP contribution in [-0.2, 0) is 17.8 Å². The summed E-state index contributed by atoms with van der Waals surface area (Å²) in [7, 11) is 2.16. The van der Waals surface area contributed by atoms with Crippen molar-refractivity contribution >= 4 is 22.9 Å². The summed E-state index contributed by atoms with van der Waals surface area (Å²) in [6, 6.07) is 8.38. The summed E-state index contributed by atoms with van der Waals surface area (Å²) < 4.78 is 6.11. The monoisotopic (exact) mass is 369 g/mol. The van der Waals surface area contributed by atoms with E-state index < -0.39 is 5.97 Å². The van der Waals surface area contributed by atoms with Crippen LogP contribution in [0.15, 0.2) is 29.8 Å². The van der Waals surface area contributed by atoms with Crippen molar-refractivity contribution in [2.75, 3.05) is 20.1 Å². The fourth-order valence-corrected chi connectivity index (χ4v) is 5.04. The highest BCUT2D eigenvalue weighted by Crippen LogP contribution is 2.44. The van der Waals surface area contributed by atoms with Crippen molar-refractivity contribution in [2.45, 2.75) is 32.8 Å². The van der Waals surface area contributed by atoms with Crippen LogP contribution < -0.4 is 4.74 Å². The molecule has 2 aliphatic rings. The molecule has 2 aliphatic heterocycles. The van der Waals surface area contributed by atoms with Crippen molar-refractivity contribution in [2.24, 2.45) is 0 Å². The normalized spacial score (nSPS) is 17.3. The van der Waals surface area contributed by atoms with E-state index in [2.05, 4.69) is 37.1 Å². The van der Waals surface area contributed by atoms with Crippen LogP contribution in [0, 0.1) is 6.92 Å². The summed E-state index contributed by atoms with van der Waals surface area (Å²) in [5.74, 6) is 0.146. The van der Waals surface area contributed by atoms with Crippen molar-refractivity contribution < 1.29 is 14.6 Å². The van der Waals surface area contributed by atoms with Crippen LogP contribution in [0.4, 0.5) is 0 Å². The summed E-state index contributed by atoms with van der Waals surface area (Å²) in [4.78, 5) is 15.6. The predicted octanol–water partition coefficient (Wildman–Crippen LogP) is 4.10. The summed E-state index contributed by atoms with van der Waals surface area (Å²) in [5.41, 5.74) is 6.23. The number of carboxylic acids is 1. The number of piperidine rings is 1. The van der Waals surface area contributed by atoms with E-state index in [1.807, 2.05) is 6.07 Å². The summed E-state index contributed by atoms with van der Waals surface area (Å²) in [6.07, 6.45) is 2.17. The van der Waals surface area contributed by atoms with Gasteiger partial charge in [-0.1, -0.05) is 17.2 Å². The van der Waals surface area contributed by atoms with E-state index in [1.54, 1.807) is 11.3 Å². The van der Waals surface area contributed by atoms with Crippen molar-refractivity contribution in [3.8, 4) is 5.75 Å². The number of aryl methyl sites for hydroxylation is 1. The SMILES string of the molecule is Cc1ccc2c(c1)C(=C1CCN(C)CC1)c1sc(CC(=O)O)cc1CO2. The Morgan fingerprint density at radius 3 is 2.77 bits per heavy atom. The Balaban J connectivity index is 1.89. The molecule has 0 bridgehead atoms. The number of thiophene rings is 1. The quantitative estimate of drug-likeness (QED) is 0.866. The van der Waals surface area contributed by atoms with Crippen LogP contribution in [0.25, 0.3) is 5.57 Å². The Hall–Kier alpha value is -2.11. The van der Waals surface area contributed by atoms with Crippen LogP contribution in [-0.4, -0.2) is 36.1 Å². The predicted molar refractivity (Wildman–Crippen MR) is 104 cm³/mol. The molecule has 0 spiro atoms. The number of carbonyl (C=O) groups is 1. The van der Waals surface area contributed by atoms with E-state index >= 15 is 0 Å². The van der Waals surface area contributed by atoms with Gasteiger partial charge in [0.2, 0.25) is 0 Å². The zero-order chi connectivity index (χ0) is 18.3. The molecule has 0 amide bonds. The lowest BCUT2D eigenvalue weighted by molar-refractivity contribution is -0.136. The Bertz CT molecular complexity index is 887. The second kappa shape index (κ2) is 6.89. The van der Waals surface area contributed by atoms with E-state index in [1.165, 1.54) is 21.6 Å². The lowest BCUT2D eigenvalue weighted by Gasteiger charge is -2.26. The molecule has 3 heterocycles. The largest absolute Gasteiger partial charge is 0.488 e. The molecular formula is C21H23NO3S. The third-order valence-electron chi connectivity index (χ3n) is 5.14. The first-order chi connectivity index (χ1) is 12.5. The molecule has 136 valence electrons. The molecule has 5 heteroatoms. The first-order valence-electron chi connectivity index (χ1n) is 8.99. The number of fused-ring (bicyclic) bond motifs is 2. The number of carboxylic acid groups (broad SMARTS) is 1. The van der Waals surface area contributed by atoms with E-state index in [0.29, 0.717) is 6.61 Å². The average Bonchev–Trinajstić information content (AvgIpc) is 2.91. The molecule has 26 heavy (non-hydrogen) atoms. The van der Waals surface area contributed by atoms with Gasteiger partial charge in [-0.25, -0.2) is 0 Å². The fraction of sp³-hybridized carbons (Fsp3) is 0.381. The first-order valence-corrected chi connectivity index (χ1v) is 9.81. The van der Waals surface area contributed by atoms with Crippen molar-refractivity contribution in [1.82, 2.24) is 4.90 Å². The highest BCUT2D eigenvalue weighted by molar-refractivity contribution is 7.13. The van der Waals surface area contributed by atoms with Crippen molar-refractivity contribution in [3.63, 3.8) is 0 Å². The highest BCUT2D eigenvalue weighted by Gasteiger charge is 2.26. The van der Waals surface area contributed by atoms with E-state index in [0.717, 1.165) is 47.7 Å². The Morgan fingerprint density at radius 1 is 1.27 bits per heavy atom. The minimum Gasteiger partial charge on any atom is -0.488 e. The second-order valence-corrected chi connectivity index (χ2v) is 8.34. The molecule has 1 aromatic heterocycles. The fourth-order valence-electron chi connectivity index (χ4n) is 3.77.